The minimum absolute atomic E-state index is 0.236. The summed E-state index contributed by atoms with van der Waals surface area (Å²) in [6.07, 6.45) is 2.30. The molecule has 0 radical (unpaired) electrons. The highest BCUT2D eigenvalue weighted by molar-refractivity contribution is 5.21. The third-order valence-electron chi connectivity index (χ3n) is 3.12. The molecule has 0 spiro atoms. The first-order chi connectivity index (χ1) is 8.93. The maximum Gasteiger partial charge on any atom is 0.256 e. The summed E-state index contributed by atoms with van der Waals surface area (Å²) in [5, 5.41) is 38.3. The van der Waals surface area contributed by atoms with Crippen LogP contribution in [0.15, 0.2) is 23.1 Å². The Hall–Kier alpha value is -1.85. The lowest BCUT2D eigenvalue weighted by Crippen LogP contribution is -2.48. The van der Waals surface area contributed by atoms with Gasteiger partial charge in [0, 0.05) is 12.3 Å². The van der Waals surface area contributed by atoms with Crippen LogP contribution in [0.3, 0.4) is 0 Å². The first kappa shape index (κ1) is 13.6. The SMILES string of the molecule is C#C[C@]1(O)C(O)[C@H](n2ccc(O)cc2=O)O[C@@H]1CO. The summed E-state index contributed by atoms with van der Waals surface area (Å²) in [5.74, 6) is 1.74. The maximum atomic E-state index is 11.7. The molecule has 0 amide bonds. The molecular weight excluding hydrogens is 254 g/mol. The molecule has 1 fully saturated rings. The largest absolute Gasteiger partial charge is 0.508 e. The molecule has 2 rings (SSSR count). The van der Waals surface area contributed by atoms with E-state index < -0.39 is 36.2 Å². The Morgan fingerprint density at radius 3 is 2.74 bits per heavy atom. The van der Waals surface area contributed by atoms with Crippen molar-refractivity contribution in [1.29, 1.82) is 0 Å². The van der Waals surface area contributed by atoms with Crippen molar-refractivity contribution in [3.05, 3.63) is 28.7 Å². The number of hydrogen-bond acceptors (Lipinski definition) is 6. The highest BCUT2D eigenvalue weighted by atomic mass is 16.6. The molecule has 19 heavy (non-hydrogen) atoms. The summed E-state index contributed by atoms with van der Waals surface area (Å²) in [6.45, 7) is -0.610. The molecule has 2 heterocycles. The van der Waals surface area contributed by atoms with Gasteiger partial charge in [0.15, 0.2) is 11.8 Å². The monoisotopic (exact) mass is 267 g/mol. The molecule has 0 aliphatic carbocycles. The van der Waals surface area contributed by atoms with Gasteiger partial charge in [0.05, 0.1) is 6.61 Å². The van der Waals surface area contributed by atoms with Crippen molar-refractivity contribution in [2.45, 2.75) is 24.0 Å². The fraction of sp³-hybridized carbons (Fsp3) is 0.417. The van der Waals surface area contributed by atoms with Gasteiger partial charge in [-0.05, 0) is 6.07 Å². The minimum atomic E-state index is -2.09. The van der Waals surface area contributed by atoms with Crippen molar-refractivity contribution >= 4 is 0 Å². The van der Waals surface area contributed by atoms with Crippen LogP contribution in [0.4, 0.5) is 0 Å². The van der Waals surface area contributed by atoms with E-state index in [9.17, 15) is 15.0 Å². The highest BCUT2D eigenvalue weighted by Crippen LogP contribution is 2.36. The molecule has 1 aromatic rings. The van der Waals surface area contributed by atoms with Gasteiger partial charge < -0.3 is 25.2 Å². The number of pyridine rings is 1. The summed E-state index contributed by atoms with van der Waals surface area (Å²) >= 11 is 0. The quantitative estimate of drug-likeness (QED) is 0.469. The predicted octanol–water partition coefficient (Wildman–Crippen LogP) is -1.83. The lowest BCUT2D eigenvalue weighted by Gasteiger charge is -2.24. The molecular formula is C12H13NO6. The Bertz CT molecular complexity index is 576. The molecule has 0 saturated carbocycles. The standard InChI is InChI=1S/C12H13NO6/c1-2-12(18)8(6-14)19-11(10(12)17)13-4-3-7(15)5-9(13)16/h1,3-5,8,10-11,14-15,17-18H,6H2/t8-,10?,11-,12-/m1/s1. The number of terminal acetylenes is 1. The molecule has 4 N–H and O–H groups in total. The number of hydrogen-bond donors (Lipinski definition) is 4. The number of aromatic hydroxyl groups is 1. The van der Waals surface area contributed by atoms with Crippen LogP contribution in [0, 0.1) is 12.3 Å². The first-order valence-electron chi connectivity index (χ1n) is 5.49. The van der Waals surface area contributed by atoms with Crippen LogP contribution in [0.5, 0.6) is 5.75 Å². The lowest BCUT2D eigenvalue weighted by atomic mass is 9.93. The van der Waals surface area contributed by atoms with E-state index in [0.29, 0.717) is 0 Å². The average Bonchev–Trinajstić information content (AvgIpc) is 2.63. The zero-order valence-electron chi connectivity index (χ0n) is 9.80. The molecule has 1 aromatic heterocycles. The Morgan fingerprint density at radius 2 is 2.26 bits per heavy atom. The van der Waals surface area contributed by atoms with E-state index in [1.54, 1.807) is 0 Å². The number of ether oxygens (including phenoxy) is 1. The van der Waals surface area contributed by atoms with Gasteiger partial charge in [0.1, 0.15) is 18.0 Å². The smallest absolute Gasteiger partial charge is 0.256 e. The van der Waals surface area contributed by atoms with Crippen LogP contribution in [0.25, 0.3) is 0 Å². The number of rotatable bonds is 2. The number of aliphatic hydroxyl groups is 3. The van der Waals surface area contributed by atoms with E-state index in [0.717, 1.165) is 10.6 Å². The highest BCUT2D eigenvalue weighted by Gasteiger charge is 2.55. The number of aliphatic hydroxyl groups excluding tert-OH is 2. The van der Waals surface area contributed by atoms with E-state index in [-0.39, 0.29) is 5.75 Å². The van der Waals surface area contributed by atoms with Crippen molar-refractivity contribution in [2.24, 2.45) is 0 Å². The zero-order valence-corrected chi connectivity index (χ0v) is 9.80. The second-order valence-electron chi connectivity index (χ2n) is 4.24. The van der Waals surface area contributed by atoms with Crippen LogP contribution in [-0.2, 0) is 4.74 Å². The van der Waals surface area contributed by atoms with Gasteiger partial charge in [-0.25, -0.2) is 0 Å². The molecule has 7 nitrogen and oxygen atoms in total. The molecule has 1 saturated heterocycles. The summed E-state index contributed by atoms with van der Waals surface area (Å²) in [4.78, 5) is 11.7. The van der Waals surface area contributed by atoms with Gasteiger partial charge in [-0.3, -0.25) is 9.36 Å². The van der Waals surface area contributed by atoms with Crippen molar-refractivity contribution in [3.8, 4) is 18.1 Å². The van der Waals surface area contributed by atoms with Crippen molar-refractivity contribution < 1.29 is 25.2 Å². The van der Waals surface area contributed by atoms with Gasteiger partial charge in [-0.2, -0.15) is 0 Å². The van der Waals surface area contributed by atoms with E-state index in [1.807, 2.05) is 5.92 Å². The van der Waals surface area contributed by atoms with Gasteiger partial charge in [0.25, 0.3) is 5.56 Å². The minimum Gasteiger partial charge on any atom is -0.508 e. The Labute approximate surface area is 108 Å². The van der Waals surface area contributed by atoms with Crippen LogP contribution in [0.2, 0.25) is 0 Å². The van der Waals surface area contributed by atoms with Gasteiger partial charge in [0.2, 0.25) is 0 Å². The van der Waals surface area contributed by atoms with Crippen LogP contribution >= 0.6 is 0 Å². The van der Waals surface area contributed by atoms with E-state index in [1.165, 1.54) is 12.3 Å². The molecule has 102 valence electrons. The lowest BCUT2D eigenvalue weighted by molar-refractivity contribution is -0.0621. The first-order valence-corrected chi connectivity index (χ1v) is 5.49. The molecule has 1 aliphatic rings. The number of aromatic nitrogens is 1. The maximum absolute atomic E-state index is 11.7. The Morgan fingerprint density at radius 1 is 1.58 bits per heavy atom. The summed E-state index contributed by atoms with van der Waals surface area (Å²) in [6, 6.07) is 2.15. The van der Waals surface area contributed by atoms with E-state index in [4.69, 9.17) is 21.4 Å². The number of nitrogens with zero attached hydrogens (tertiary/aromatic N) is 1. The van der Waals surface area contributed by atoms with Gasteiger partial charge in [-0.15, -0.1) is 6.42 Å². The fourth-order valence-corrected chi connectivity index (χ4v) is 2.02. The molecule has 0 aromatic carbocycles. The summed E-state index contributed by atoms with van der Waals surface area (Å²) < 4.78 is 6.20. The van der Waals surface area contributed by atoms with Crippen molar-refractivity contribution in [1.82, 2.24) is 4.57 Å². The Kier molecular flexibility index (Phi) is 3.34. The normalized spacial score (nSPS) is 34.1. The third-order valence-corrected chi connectivity index (χ3v) is 3.12. The average molecular weight is 267 g/mol. The zero-order chi connectivity index (χ0) is 14.2. The second-order valence-corrected chi connectivity index (χ2v) is 4.24. The fourth-order valence-electron chi connectivity index (χ4n) is 2.02. The topological polar surface area (TPSA) is 112 Å². The second kappa shape index (κ2) is 4.68. The van der Waals surface area contributed by atoms with Crippen LogP contribution in [-0.4, -0.2) is 49.4 Å². The molecule has 7 heteroatoms. The third kappa shape index (κ3) is 2.01. The van der Waals surface area contributed by atoms with Gasteiger partial charge >= 0.3 is 0 Å². The Balaban J connectivity index is 2.43. The van der Waals surface area contributed by atoms with E-state index >= 15 is 0 Å². The van der Waals surface area contributed by atoms with E-state index in [2.05, 4.69) is 0 Å². The molecule has 4 atom stereocenters. The van der Waals surface area contributed by atoms with Crippen LogP contribution in [0.1, 0.15) is 6.23 Å². The predicted molar refractivity (Wildman–Crippen MR) is 63.2 cm³/mol. The van der Waals surface area contributed by atoms with Crippen LogP contribution < -0.4 is 5.56 Å². The summed E-state index contributed by atoms with van der Waals surface area (Å²) in [7, 11) is 0. The molecule has 1 aliphatic heterocycles. The molecule has 1 unspecified atom stereocenters. The van der Waals surface area contributed by atoms with Gasteiger partial charge in [-0.1, -0.05) is 5.92 Å². The van der Waals surface area contributed by atoms with Crippen molar-refractivity contribution in [3.63, 3.8) is 0 Å². The summed E-state index contributed by atoms with van der Waals surface area (Å²) in [5.41, 5.74) is -2.72. The van der Waals surface area contributed by atoms with Crippen molar-refractivity contribution in [2.75, 3.05) is 6.61 Å². The molecule has 0 bridgehead atoms.